The van der Waals surface area contributed by atoms with Gasteiger partial charge < -0.3 is 9.67 Å². The summed E-state index contributed by atoms with van der Waals surface area (Å²) in [5.74, 6) is -1.07. The van der Waals surface area contributed by atoms with E-state index in [4.69, 9.17) is 5.11 Å². The second-order valence-electron chi connectivity index (χ2n) is 3.99. The normalized spacial score (nSPS) is 10.4. The van der Waals surface area contributed by atoms with E-state index in [9.17, 15) is 9.59 Å². The van der Waals surface area contributed by atoms with E-state index in [0.717, 1.165) is 21.8 Å². The molecule has 0 radical (unpaired) electrons. The molecule has 0 aliphatic carbocycles. The van der Waals surface area contributed by atoms with Gasteiger partial charge in [-0.25, -0.2) is 0 Å². The van der Waals surface area contributed by atoms with E-state index in [-0.39, 0.29) is 11.3 Å². The maximum Gasteiger partial charge on any atom is 0.313 e. The largest absolute Gasteiger partial charge is 0.481 e. The SMILES string of the molecule is O=C(O)CSc1nc(=O)ccn1Cc1ccc(Br)cc1. The average molecular weight is 355 g/mol. The van der Waals surface area contributed by atoms with E-state index in [1.165, 1.54) is 6.07 Å². The van der Waals surface area contributed by atoms with Crippen molar-refractivity contribution in [1.29, 1.82) is 0 Å². The molecule has 0 aliphatic heterocycles. The third kappa shape index (κ3) is 4.21. The van der Waals surface area contributed by atoms with Gasteiger partial charge in [0, 0.05) is 23.3 Å². The van der Waals surface area contributed by atoms with Crippen LogP contribution in [0.25, 0.3) is 0 Å². The Kier molecular flexibility index (Phi) is 4.97. The van der Waals surface area contributed by atoms with Crippen LogP contribution >= 0.6 is 27.7 Å². The van der Waals surface area contributed by atoms with E-state index in [1.807, 2.05) is 24.3 Å². The second kappa shape index (κ2) is 6.71. The quantitative estimate of drug-likeness (QED) is 0.658. The predicted molar refractivity (Wildman–Crippen MR) is 80.1 cm³/mol. The molecule has 104 valence electrons. The first-order valence-electron chi connectivity index (χ1n) is 5.71. The van der Waals surface area contributed by atoms with Gasteiger partial charge in [0.15, 0.2) is 5.16 Å². The number of halogens is 1. The van der Waals surface area contributed by atoms with E-state index in [0.29, 0.717) is 11.7 Å². The number of rotatable bonds is 5. The number of carbonyl (C=O) groups is 1. The fourth-order valence-corrected chi connectivity index (χ4v) is 2.52. The summed E-state index contributed by atoms with van der Waals surface area (Å²) < 4.78 is 2.75. The second-order valence-corrected chi connectivity index (χ2v) is 5.84. The van der Waals surface area contributed by atoms with Crippen molar-refractivity contribution in [2.24, 2.45) is 0 Å². The molecular weight excluding hydrogens is 344 g/mol. The van der Waals surface area contributed by atoms with Crippen LogP contribution in [0, 0.1) is 0 Å². The average Bonchev–Trinajstić information content (AvgIpc) is 2.41. The van der Waals surface area contributed by atoms with Crippen LogP contribution in [0.4, 0.5) is 0 Å². The minimum Gasteiger partial charge on any atom is -0.481 e. The summed E-state index contributed by atoms with van der Waals surface area (Å²) in [4.78, 5) is 25.8. The number of benzene rings is 1. The zero-order valence-corrected chi connectivity index (χ0v) is 12.7. The molecule has 0 amide bonds. The third-order valence-corrected chi connectivity index (χ3v) is 3.94. The summed E-state index contributed by atoms with van der Waals surface area (Å²) in [6.45, 7) is 0.530. The minimum absolute atomic E-state index is 0.128. The van der Waals surface area contributed by atoms with Crippen molar-refractivity contribution < 1.29 is 9.90 Å². The van der Waals surface area contributed by atoms with Gasteiger partial charge in [0.25, 0.3) is 5.56 Å². The Labute approximate surface area is 127 Å². The standard InChI is InChI=1S/C13H11BrN2O3S/c14-10-3-1-9(2-4-10)7-16-6-5-11(17)15-13(16)20-8-12(18)19/h1-6H,7-8H2,(H,18,19). The molecule has 2 rings (SSSR count). The summed E-state index contributed by atoms with van der Waals surface area (Å²) >= 11 is 4.40. The molecule has 0 spiro atoms. The molecule has 7 heteroatoms. The van der Waals surface area contributed by atoms with Crippen LogP contribution in [-0.4, -0.2) is 26.4 Å². The Balaban J connectivity index is 2.23. The van der Waals surface area contributed by atoms with Crippen LogP contribution in [0.15, 0.2) is 51.0 Å². The van der Waals surface area contributed by atoms with Gasteiger partial charge in [0.05, 0.1) is 5.75 Å². The summed E-state index contributed by atoms with van der Waals surface area (Å²) in [5, 5.41) is 9.12. The first-order valence-corrected chi connectivity index (χ1v) is 7.49. The summed E-state index contributed by atoms with van der Waals surface area (Å²) in [6, 6.07) is 9.12. The molecular formula is C13H11BrN2O3S. The van der Waals surface area contributed by atoms with E-state index in [2.05, 4.69) is 20.9 Å². The first-order chi connectivity index (χ1) is 9.54. The van der Waals surface area contributed by atoms with Crippen molar-refractivity contribution >= 4 is 33.7 Å². The number of carboxylic acids is 1. The third-order valence-electron chi connectivity index (χ3n) is 2.44. The highest BCUT2D eigenvalue weighted by Crippen LogP contribution is 2.16. The lowest BCUT2D eigenvalue weighted by molar-refractivity contribution is -0.133. The van der Waals surface area contributed by atoms with Crippen LogP contribution in [0.5, 0.6) is 0 Å². The van der Waals surface area contributed by atoms with Crippen LogP contribution in [0.2, 0.25) is 0 Å². The number of aliphatic carboxylic acids is 1. The molecule has 20 heavy (non-hydrogen) atoms. The molecule has 2 aromatic rings. The number of hydrogen-bond acceptors (Lipinski definition) is 4. The molecule has 1 aromatic carbocycles. The predicted octanol–water partition coefficient (Wildman–Crippen LogP) is 2.23. The number of thioether (sulfide) groups is 1. The van der Waals surface area contributed by atoms with Gasteiger partial charge in [-0.1, -0.05) is 39.8 Å². The fourth-order valence-electron chi connectivity index (χ4n) is 1.56. The Morgan fingerprint density at radius 2 is 2.00 bits per heavy atom. The molecule has 0 fully saturated rings. The monoisotopic (exact) mass is 354 g/mol. The van der Waals surface area contributed by atoms with Gasteiger partial charge in [-0.3, -0.25) is 9.59 Å². The number of aromatic nitrogens is 2. The maximum atomic E-state index is 11.3. The van der Waals surface area contributed by atoms with Crippen LogP contribution < -0.4 is 5.56 Å². The molecule has 0 aliphatic rings. The number of hydrogen-bond donors (Lipinski definition) is 1. The van der Waals surface area contributed by atoms with Crippen LogP contribution in [0.1, 0.15) is 5.56 Å². The van der Waals surface area contributed by atoms with Crippen LogP contribution in [0.3, 0.4) is 0 Å². The molecule has 0 bridgehead atoms. The molecule has 1 N–H and O–H groups in total. The fraction of sp³-hybridized carbons (Fsp3) is 0.154. The van der Waals surface area contributed by atoms with E-state index < -0.39 is 5.97 Å². The van der Waals surface area contributed by atoms with Crippen molar-refractivity contribution in [3.8, 4) is 0 Å². The smallest absolute Gasteiger partial charge is 0.313 e. The Morgan fingerprint density at radius 1 is 1.30 bits per heavy atom. The van der Waals surface area contributed by atoms with Crippen molar-refractivity contribution in [3.05, 3.63) is 56.9 Å². The summed E-state index contributed by atoms with van der Waals surface area (Å²) in [7, 11) is 0. The van der Waals surface area contributed by atoms with Crippen molar-refractivity contribution in [3.63, 3.8) is 0 Å². The van der Waals surface area contributed by atoms with Crippen LogP contribution in [-0.2, 0) is 11.3 Å². The first kappa shape index (κ1) is 14.8. The highest BCUT2D eigenvalue weighted by Gasteiger charge is 2.07. The maximum absolute atomic E-state index is 11.3. The Bertz CT molecular complexity index is 670. The summed E-state index contributed by atoms with van der Waals surface area (Å²) in [6.07, 6.45) is 1.63. The molecule has 1 heterocycles. The van der Waals surface area contributed by atoms with Crippen molar-refractivity contribution in [2.75, 3.05) is 5.75 Å². The van der Waals surface area contributed by atoms with E-state index >= 15 is 0 Å². The highest BCUT2D eigenvalue weighted by atomic mass is 79.9. The van der Waals surface area contributed by atoms with Gasteiger partial charge in [-0.05, 0) is 17.7 Å². The van der Waals surface area contributed by atoms with Gasteiger partial charge >= 0.3 is 5.97 Å². The van der Waals surface area contributed by atoms with Gasteiger partial charge in [-0.2, -0.15) is 4.98 Å². The van der Waals surface area contributed by atoms with E-state index in [1.54, 1.807) is 10.8 Å². The number of carboxylic acid groups (broad SMARTS) is 1. The number of nitrogens with zero attached hydrogens (tertiary/aromatic N) is 2. The highest BCUT2D eigenvalue weighted by molar-refractivity contribution is 9.10. The molecule has 5 nitrogen and oxygen atoms in total. The molecule has 0 unspecified atom stereocenters. The molecule has 0 saturated heterocycles. The lowest BCUT2D eigenvalue weighted by Gasteiger charge is -2.11. The van der Waals surface area contributed by atoms with Gasteiger partial charge in [0.2, 0.25) is 0 Å². The van der Waals surface area contributed by atoms with Crippen molar-refractivity contribution in [2.45, 2.75) is 11.7 Å². The molecule has 0 atom stereocenters. The van der Waals surface area contributed by atoms with Gasteiger partial charge in [-0.15, -0.1) is 0 Å². The summed E-state index contributed by atoms with van der Waals surface area (Å²) in [5.41, 5.74) is 0.667. The molecule has 1 aromatic heterocycles. The van der Waals surface area contributed by atoms with Crippen molar-refractivity contribution in [1.82, 2.24) is 9.55 Å². The zero-order valence-electron chi connectivity index (χ0n) is 10.3. The zero-order chi connectivity index (χ0) is 14.5. The lowest BCUT2D eigenvalue weighted by atomic mass is 10.2. The lowest BCUT2D eigenvalue weighted by Crippen LogP contribution is -2.14. The van der Waals surface area contributed by atoms with Gasteiger partial charge in [0.1, 0.15) is 0 Å². The molecule has 0 saturated carbocycles. The Hall–Kier alpha value is -1.60. The minimum atomic E-state index is -0.941. The Morgan fingerprint density at radius 3 is 2.65 bits per heavy atom. The topological polar surface area (TPSA) is 72.2 Å².